The van der Waals surface area contributed by atoms with Gasteiger partial charge in [0.05, 0.1) is 16.9 Å². The molecule has 8 nitrogen and oxygen atoms in total. The summed E-state index contributed by atoms with van der Waals surface area (Å²) in [4.78, 5) is 25.4. The molecule has 0 aliphatic carbocycles. The van der Waals surface area contributed by atoms with Gasteiger partial charge >= 0.3 is 0 Å². The lowest BCUT2D eigenvalue weighted by molar-refractivity contribution is -0.130. The number of para-hydroxylation sites is 1. The predicted molar refractivity (Wildman–Crippen MR) is 160 cm³/mol. The van der Waals surface area contributed by atoms with Gasteiger partial charge in [-0.1, -0.05) is 62.4 Å². The summed E-state index contributed by atoms with van der Waals surface area (Å²) in [6.45, 7) is 6.09. The zero-order chi connectivity index (χ0) is 28.2. The van der Waals surface area contributed by atoms with E-state index in [9.17, 15) is 9.59 Å². The molecule has 0 saturated heterocycles. The quantitative estimate of drug-likeness (QED) is 0.151. The minimum atomic E-state index is -0.751. The van der Waals surface area contributed by atoms with Crippen molar-refractivity contribution in [1.82, 2.24) is 10.7 Å². The first-order valence-corrected chi connectivity index (χ1v) is 13.7. The van der Waals surface area contributed by atoms with Crippen LogP contribution in [0.5, 0.6) is 17.2 Å². The molecule has 0 aliphatic rings. The number of methoxy groups -OCH3 is 1. The third kappa shape index (κ3) is 9.58. The van der Waals surface area contributed by atoms with Crippen molar-refractivity contribution < 1.29 is 23.8 Å². The van der Waals surface area contributed by atoms with Gasteiger partial charge < -0.3 is 19.5 Å². The molecule has 0 bridgehead atoms. The van der Waals surface area contributed by atoms with E-state index in [4.69, 9.17) is 14.2 Å². The lowest BCUT2D eigenvalue weighted by Gasteiger charge is -2.19. The van der Waals surface area contributed by atoms with Crippen molar-refractivity contribution in [2.24, 2.45) is 11.0 Å². The van der Waals surface area contributed by atoms with E-state index in [1.54, 1.807) is 19.2 Å². The summed E-state index contributed by atoms with van der Waals surface area (Å²) in [5.41, 5.74) is 5.24. The van der Waals surface area contributed by atoms with Crippen LogP contribution in [0.2, 0.25) is 0 Å². The molecule has 39 heavy (non-hydrogen) atoms. The number of ether oxygens (including phenoxy) is 3. The average Bonchev–Trinajstić information content (AvgIpc) is 2.91. The highest BCUT2D eigenvalue weighted by Crippen LogP contribution is 2.34. The molecule has 3 aromatic rings. The van der Waals surface area contributed by atoms with Crippen molar-refractivity contribution >= 4 is 40.6 Å². The van der Waals surface area contributed by atoms with Crippen LogP contribution < -0.4 is 25.0 Å². The van der Waals surface area contributed by atoms with Crippen molar-refractivity contribution in [2.75, 3.05) is 13.7 Å². The number of benzene rings is 3. The molecule has 0 unspecified atom stereocenters. The Kier molecular flexibility index (Phi) is 11.6. The third-order valence-electron chi connectivity index (χ3n) is 5.68. The first-order valence-electron chi connectivity index (χ1n) is 12.6. The highest BCUT2D eigenvalue weighted by atomic mass is 127. The Balaban J connectivity index is 1.60. The number of carbonyl (C=O) groups is 2. The third-order valence-corrected chi connectivity index (χ3v) is 6.48. The second-order valence-electron chi connectivity index (χ2n) is 9.35. The summed E-state index contributed by atoms with van der Waals surface area (Å²) in [6.07, 6.45) is 1.98. The summed E-state index contributed by atoms with van der Waals surface area (Å²) in [6, 6.07) is 20.2. The Bertz CT molecular complexity index is 1280. The molecular formula is C30H34IN3O5. The van der Waals surface area contributed by atoms with Crippen LogP contribution in [-0.4, -0.2) is 37.8 Å². The number of rotatable bonds is 13. The molecule has 206 valence electrons. The molecule has 0 heterocycles. The number of nitrogens with one attached hydrogen (secondary N) is 2. The van der Waals surface area contributed by atoms with Crippen molar-refractivity contribution in [1.29, 1.82) is 0 Å². The van der Waals surface area contributed by atoms with Crippen molar-refractivity contribution in [2.45, 2.75) is 39.8 Å². The monoisotopic (exact) mass is 643 g/mol. The Hall–Kier alpha value is -3.60. The van der Waals surface area contributed by atoms with E-state index in [-0.39, 0.29) is 18.4 Å². The summed E-state index contributed by atoms with van der Waals surface area (Å²) in [7, 11) is 1.57. The van der Waals surface area contributed by atoms with E-state index >= 15 is 0 Å². The SMILES string of the molecule is COc1cc(/C=N\NC(=O)[C@@H](CC(C)C)NC(=O)COc2ccccc2C)cc(I)c1OCc1ccccc1. The average molecular weight is 644 g/mol. The Morgan fingerprint density at radius 3 is 2.41 bits per heavy atom. The molecule has 3 rings (SSSR count). The second-order valence-corrected chi connectivity index (χ2v) is 10.5. The highest BCUT2D eigenvalue weighted by Gasteiger charge is 2.22. The zero-order valence-electron chi connectivity index (χ0n) is 22.6. The Labute approximate surface area is 243 Å². The number of amides is 2. The van der Waals surface area contributed by atoms with E-state index in [1.165, 1.54) is 6.21 Å². The standard InChI is InChI=1S/C30H34IN3O5/c1-20(2)14-25(33-28(35)19-38-26-13-9-8-10-21(26)3)30(36)34-32-17-23-15-24(31)29(27(16-23)37-4)39-18-22-11-6-5-7-12-22/h5-13,15-17,20,25H,14,18-19H2,1-4H3,(H,33,35)(H,34,36)/b32-17-/t25-/m1/s1. The van der Waals surface area contributed by atoms with Crippen LogP contribution >= 0.6 is 22.6 Å². The summed E-state index contributed by atoms with van der Waals surface area (Å²) < 4.78 is 18.0. The molecule has 3 aromatic carbocycles. The number of carbonyl (C=O) groups excluding carboxylic acids is 2. The molecule has 0 saturated carbocycles. The Morgan fingerprint density at radius 2 is 1.72 bits per heavy atom. The van der Waals surface area contributed by atoms with Gasteiger partial charge in [-0.3, -0.25) is 9.59 Å². The largest absolute Gasteiger partial charge is 0.493 e. The van der Waals surface area contributed by atoms with Gasteiger partial charge in [0, 0.05) is 0 Å². The number of aryl methyl sites for hydroxylation is 1. The van der Waals surface area contributed by atoms with Crippen molar-refractivity contribution in [3.05, 3.63) is 87.0 Å². The van der Waals surface area contributed by atoms with Crippen LogP contribution in [0.3, 0.4) is 0 Å². The molecule has 0 fully saturated rings. The van der Waals surface area contributed by atoms with Gasteiger partial charge in [-0.25, -0.2) is 5.43 Å². The summed E-state index contributed by atoms with van der Waals surface area (Å²) in [5.74, 6) is 1.21. The molecule has 2 amide bonds. The fraction of sp³-hybridized carbons (Fsp3) is 0.300. The van der Waals surface area contributed by atoms with E-state index in [0.717, 1.165) is 20.3 Å². The maximum absolute atomic E-state index is 12.9. The van der Waals surface area contributed by atoms with Crippen molar-refractivity contribution in [3.8, 4) is 17.2 Å². The van der Waals surface area contributed by atoms with Gasteiger partial charge in [0.25, 0.3) is 11.8 Å². The lowest BCUT2D eigenvalue weighted by atomic mass is 10.0. The van der Waals surface area contributed by atoms with Gasteiger partial charge in [-0.05, 0) is 76.7 Å². The normalized spacial score (nSPS) is 11.7. The van der Waals surface area contributed by atoms with Crippen LogP contribution in [-0.2, 0) is 16.2 Å². The molecule has 0 aromatic heterocycles. The van der Waals surface area contributed by atoms with Gasteiger partial charge in [0.15, 0.2) is 18.1 Å². The van der Waals surface area contributed by atoms with E-state index in [2.05, 4.69) is 38.4 Å². The molecular weight excluding hydrogens is 609 g/mol. The first kappa shape index (κ1) is 29.9. The smallest absolute Gasteiger partial charge is 0.262 e. The lowest BCUT2D eigenvalue weighted by Crippen LogP contribution is -2.47. The molecule has 9 heteroatoms. The molecule has 2 N–H and O–H groups in total. The van der Waals surface area contributed by atoms with Crippen LogP contribution in [0.25, 0.3) is 0 Å². The van der Waals surface area contributed by atoms with Crippen LogP contribution in [0, 0.1) is 16.4 Å². The maximum Gasteiger partial charge on any atom is 0.262 e. The fourth-order valence-electron chi connectivity index (χ4n) is 3.73. The number of hydrogen-bond acceptors (Lipinski definition) is 6. The molecule has 1 atom stereocenters. The zero-order valence-corrected chi connectivity index (χ0v) is 24.7. The molecule has 0 aliphatic heterocycles. The van der Waals surface area contributed by atoms with Gasteiger partial charge in [0.1, 0.15) is 18.4 Å². The second kappa shape index (κ2) is 15.1. The van der Waals surface area contributed by atoms with E-state index in [1.807, 2.05) is 75.4 Å². The first-order chi connectivity index (χ1) is 18.8. The maximum atomic E-state index is 12.9. The van der Waals surface area contributed by atoms with E-state index < -0.39 is 11.9 Å². The number of nitrogens with zero attached hydrogens (tertiary/aromatic N) is 1. The summed E-state index contributed by atoms with van der Waals surface area (Å²) >= 11 is 2.18. The predicted octanol–water partition coefficient (Wildman–Crippen LogP) is 5.25. The molecule has 0 spiro atoms. The number of hydrazone groups is 1. The van der Waals surface area contributed by atoms with Gasteiger partial charge in [-0.2, -0.15) is 5.10 Å². The Morgan fingerprint density at radius 1 is 1.00 bits per heavy atom. The minimum Gasteiger partial charge on any atom is -0.493 e. The van der Waals surface area contributed by atoms with Crippen molar-refractivity contribution in [3.63, 3.8) is 0 Å². The van der Waals surface area contributed by atoms with E-state index in [0.29, 0.717) is 30.3 Å². The van der Waals surface area contributed by atoms with Crippen LogP contribution in [0.15, 0.2) is 71.8 Å². The van der Waals surface area contributed by atoms with Gasteiger partial charge in [-0.15, -0.1) is 0 Å². The van der Waals surface area contributed by atoms with Crippen LogP contribution in [0.1, 0.15) is 37.0 Å². The number of hydrogen-bond donors (Lipinski definition) is 2. The topological polar surface area (TPSA) is 98.2 Å². The fourth-order valence-corrected chi connectivity index (χ4v) is 4.51. The summed E-state index contributed by atoms with van der Waals surface area (Å²) in [5, 5.41) is 6.88. The highest BCUT2D eigenvalue weighted by molar-refractivity contribution is 14.1. The molecule has 0 radical (unpaired) electrons. The number of halogens is 1. The minimum absolute atomic E-state index is 0.177. The van der Waals surface area contributed by atoms with Crippen LogP contribution in [0.4, 0.5) is 0 Å². The van der Waals surface area contributed by atoms with Gasteiger partial charge in [0.2, 0.25) is 0 Å².